The van der Waals surface area contributed by atoms with E-state index in [-0.39, 0.29) is 0 Å². The van der Waals surface area contributed by atoms with Gasteiger partial charge in [-0.3, -0.25) is 0 Å². The minimum Gasteiger partial charge on any atom is -0.313 e. The molecule has 0 bridgehead atoms. The van der Waals surface area contributed by atoms with Gasteiger partial charge >= 0.3 is 0 Å². The summed E-state index contributed by atoms with van der Waals surface area (Å²) < 4.78 is 0. The number of rotatable bonds is 4. The Balaban J connectivity index is 1.97. The van der Waals surface area contributed by atoms with Gasteiger partial charge in [-0.05, 0) is 57.4 Å². The first kappa shape index (κ1) is 12.2. The average molecular weight is 221 g/mol. The van der Waals surface area contributed by atoms with Gasteiger partial charge in [-0.25, -0.2) is 0 Å². The van der Waals surface area contributed by atoms with Gasteiger partial charge in [-0.2, -0.15) is 0 Å². The highest BCUT2D eigenvalue weighted by Crippen LogP contribution is 2.38. The summed E-state index contributed by atoms with van der Waals surface area (Å²) in [5.41, 5.74) is 1.72. The molecule has 0 aromatic heterocycles. The lowest BCUT2D eigenvalue weighted by atomic mass is 9.85. The number of hydrogen-bond acceptors (Lipinski definition) is 1. The molecule has 2 aliphatic rings. The summed E-state index contributed by atoms with van der Waals surface area (Å²) >= 11 is 0. The summed E-state index contributed by atoms with van der Waals surface area (Å²) in [5.74, 6) is 1.92. The minimum atomic E-state index is 0.692. The fourth-order valence-corrected chi connectivity index (χ4v) is 3.66. The van der Waals surface area contributed by atoms with E-state index in [2.05, 4.69) is 25.4 Å². The van der Waals surface area contributed by atoms with E-state index >= 15 is 0 Å². The van der Waals surface area contributed by atoms with Crippen LogP contribution in [0.1, 0.15) is 58.3 Å². The number of nitrogens with one attached hydrogen (secondary N) is 1. The Morgan fingerprint density at radius 3 is 2.81 bits per heavy atom. The van der Waals surface area contributed by atoms with Crippen molar-refractivity contribution in [3.05, 3.63) is 11.6 Å². The van der Waals surface area contributed by atoms with Crippen LogP contribution in [0.3, 0.4) is 0 Å². The van der Waals surface area contributed by atoms with Crippen LogP contribution in [0, 0.1) is 11.8 Å². The fraction of sp³-hybridized carbons (Fsp3) is 0.867. The fourth-order valence-electron chi connectivity index (χ4n) is 3.66. The van der Waals surface area contributed by atoms with E-state index in [0.29, 0.717) is 6.04 Å². The van der Waals surface area contributed by atoms with E-state index < -0.39 is 0 Å². The third kappa shape index (κ3) is 2.68. The summed E-state index contributed by atoms with van der Waals surface area (Å²) in [7, 11) is 2.15. The summed E-state index contributed by atoms with van der Waals surface area (Å²) in [4.78, 5) is 0. The zero-order valence-corrected chi connectivity index (χ0v) is 11.0. The molecule has 2 aliphatic carbocycles. The van der Waals surface area contributed by atoms with Gasteiger partial charge in [-0.15, -0.1) is 0 Å². The predicted octanol–water partition coefficient (Wildman–Crippen LogP) is 3.90. The van der Waals surface area contributed by atoms with E-state index in [4.69, 9.17) is 0 Å². The van der Waals surface area contributed by atoms with Gasteiger partial charge in [0.05, 0.1) is 0 Å². The highest BCUT2D eigenvalue weighted by atomic mass is 14.9. The molecule has 0 amide bonds. The van der Waals surface area contributed by atoms with Crippen LogP contribution in [0.5, 0.6) is 0 Å². The summed E-state index contributed by atoms with van der Waals surface area (Å²) in [5, 5.41) is 3.59. The van der Waals surface area contributed by atoms with Crippen LogP contribution in [0.25, 0.3) is 0 Å². The number of likely N-dealkylation sites (N-methyl/N-ethyl adjacent to an activating group) is 1. The van der Waals surface area contributed by atoms with Crippen LogP contribution in [0.15, 0.2) is 11.6 Å². The van der Waals surface area contributed by atoms with Crippen LogP contribution in [-0.4, -0.2) is 13.1 Å². The maximum atomic E-state index is 3.59. The Kier molecular flexibility index (Phi) is 4.45. The second-order valence-corrected chi connectivity index (χ2v) is 5.64. The molecule has 2 rings (SSSR count). The van der Waals surface area contributed by atoms with Crippen molar-refractivity contribution in [2.75, 3.05) is 7.05 Å². The highest BCUT2D eigenvalue weighted by molar-refractivity contribution is 5.15. The largest absolute Gasteiger partial charge is 0.313 e. The molecular formula is C15H27N. The molecule has 1 nitrogen and oxygen atoms in total. The molecule has 3 unspecified atom stereocenters. The topological polar surface area (TPSA) is 12.0 Å². The zero-order valence-electron chi connectivity index (χ0n) is 11.0. The molecule has 0 aliphatic heterocycles. The van der Waals surface area contributed by atoms with Crippen molar-refractivity contribution < 1.29 is 0 Å². The molecule has 0 spiro atoms. The van der Waals surface area contributed by atoms with Crippen molar-refractivity contribution in [1.82, 2.24) is 5.32 Å². The summed E-state index contributed by atoms with van der Waals surface area (Å²) in [6.45, 7) is 2.35. The number of allylic oxidation sites excluding steroid dienone is 1. The second-order valence-electron chi connectivity index (χ2n) is 5.64. The van der Waals surface area contributed by atoms with Gasteiger partial charge in [0, 0.05) is 6.04 Å². The van der Waals surface area contributed by atoms with Gasteiger partial charge in [0.25, 0.3) is 0 Å². The molecule has 0 aromatic rings. The van der Waals surface area contributed by atoms with Crippen molar-refractivity contribution in [2.24, 2.45) is 11.8 Å². The third-order valence-electron chi connectivity index (χ3n) is 4.67. The molecule has 0 heterocycles. The molecule has 1 heteroatoms. The quantitative estimate of drug-likeness (QED) is 0.710. The van der Waals surface area contributed by atoms with Crippen LogP contribution in [0.4, 0.5) is 0 Å². The average Bonchev–Trinajstić information content (AvgIpc) is 2.80. The van der Waals surface area contributed by atoms with E-state index in [1.54, 1.807) is 5.57 Å². The van der Waals surface area contributed by atoms with Gasteiger partial charge < -0.3 is 5.32 Å². The smallest absolute Gasteiger partial charge is 0.0305 e. The molecule has 1 fully saturated rings. The van der Waals surface area contributed by atoms with E-state index in [0.717, 1.165) is 11.8 Å². The van der Waals surface area contributed by atoms with Crippen molar-refractivity contribution in [2.45, 2.75) is 64.3 Å². The molecule has 0 radical (unpaired) electrons. The summed E-state index contributed by atoms with van der Waals surface area (Å²) in [6.07, 6.45) is 13.7. The van der Waals surface area contributed by atoms with Crippen molar-refractivity contribution in [3.8, 4) is 0 Å². The van der Waals surface area contributed by atoms with Gasteiger partial charge in [0.2, 0.25) is 0 Å². The first-order valence-corrected chi connectivity index (χ1v) is 7.21. The standard InChI is InChI=1S/C15H27N/c1-3-12-9-10-14(11-12)15(16-2)13-7-5-4-6-8-13/h7,12,14-16H,3-6,8-11H2,1-2H3. The second kappa shape index (κ2) is 5.86. The first-order valence-electron chi connectivity index (χ1n) is 7.21. The summed E-state index contributed by atoms with van der Waals surface area (Å²) in [6, 6.07) is 0.692. The van der Waals surface area contributed by atoms with Gasteiger partial charge in [0.15, 0.2) is 0 Å². The Labute approximate surface area is 101 Å². The third-order valence-corrected chi connectivity index (χ3v) is 4.67. The molecule has 1 N–H and O–H groups in total. The van der Waals surface area contributed by atoms with Crippen molar-refractivity contribution >= 4 is 0 Å². The highest BCUT2D eigenvalue weighted by Gasteiger charge is 2.31. The van der Waals surface area contributed by atoms with E-state index in [1.165, 1.54) is 51.4 Å². The normalized spacial score (nSPS) is 32.5. The van der Waals surface area contributed by atoms with Crippen molar-refractivity contribution in [3.63, 3.8) is 0 Å². The first-order chi connectivity index (χ1) is 7.85. The molecule has 3 atom stereocenters. The Hall–Kier alpha value is -0.300. The monoisotopic (exact) mass is 221 g/mol. The van der Waals surface area contributed by atoms with Crippen LogP contribution < -0.4 is 5.32 Å². The SMILES string of the molecule is CCC1CCC(C(NC)C2=CCCCC2)C1. The van der Waals surface area contributed by atoms with Crippen molar-refractivity contribution in [1.29, 1.82) is 0 Å². The molecular weight excluding hydrogens is 194 g/mol. The maximum absolute atomic E-state index is 3.59. The van der Waals surface area contributed by atoms with Crippen LogP contribution >= 0.6 is 0 Å². The lowest BCUT2D eigenvalue weighted by molar-refractivity contribution is 0.387. The van der Waals surface area contributed by atoms with Gasteiger partial charge in [-0.1, -0.05) is 31.4 Å². The predicted molar refractivity (Wildman–Crippen MR) is 70.5 cm³/mol. The lowest BCUT2D eigenvalue weighted by Gasteiger charge is -2.28. The Bertz CT molecular complexity index is 244. The molecule has 1 saturated carbocycles. The Morgan fingerprint density at radius 2 is 2.25 bits per heavy atom. The molecule has 16 heavy (non-hydrogen) atoms. The molecule has 0 saturated heterocycles. The van der Waals surface area contributed by atoms with Crippen LogP contribution in [-0.2, 0) is 0 Å². The van der Waals surface area contributed by atoms with E-state index in [1.807, 2.05) is 0 Å². The maximum Gasteiger partial charge on any atom is 0.0305 e. The van der Waals surface area contributed by atoms with Gasteiger partial charge in [0.1, 0.15) is 0 Å². The minimum absolute atomic E-state index is 0.692. The Morgan fingerprint density at radius 1 is 1.38 bits per heavy atom. The molecule has 0 aromatic carbocycles. The van der Waals surface area contributed by atoms with Crippen LogP contribution in [0.2, 0.25) is 0 Å². The zero-order chi connectivity index (χ0) is 11.4. The van der Waals surface area contributed by atoms with E-state index in [9.17, 15) is 0 Å². The molecule has 92 valence electrons. The number of hydrogen-bond donors (Lipinski definition) is 1. The lowest BCUT2D eigenvalue weighted by Crippen LogP contribution is -2.35.